The van der Waals surface area contributed by atoms with Gasteiger partial charge in [-0.3, -0.25) is 14.8 Å². The van der Waals surface area contributed by atoms with Crippen molar-refractivity contribution in [2.45, 2.75) is 19.9 Å². The Morgan fingerprint density at radius 3 is 2.08 bits per heavy atom. The molecule has 0 spiro atoms. The van der Waals surface area contributed by atoms with E-state index in [-0.39, 0.29) is 5.92 Å². The van der Waals surface area contributed by atoms with E-state index in [1.54, 1.807) is 13.8 Å². The molecule has 0 aliphatic carbocycles. The van der Waals surface area contributed by atoms with E-state index in [9.17, 15) is 9.59 Å². The summed E-state index contributed by atoms with van der Waals surface area (Å²) in [6, 6.07) is -1.30. The number of aliphatic carboxylic acids is 1. The fourth-order valence-electron chi connectivity index (χ4n) is 1.11. The number of nitrogens with two attached hydrogens (primary N) is 1. The third kappa shape index (κ3) is 3.00. The summed E-state index contributed by atoms with van der Waals surface area (Å²) >= 11 is 0. The molecular formula is C7H14N2O4. The summed E-state index contributed by atoms with van der Waals surface area (Å²) < 4.78 is 0. The third-order valence-corrected chi connectivity index (χ3v) is 1.80. The van der Waals surface area contributed by atoms with Gasteiger partial charge in [-0.2, -0.15) is 0 Å². The highest BCUT2D eigenvalue weighted by Gasteiger charge is 2.32. The lowest BCUT2D eigenvalue weighted by Crippen LogP contribution is -2.48. The molecule has 0 radical (unpaired) electrons. The van der Waals surface area contributed by atoms with Crippen molar-refractivity contribution in [3.8, 4) is 0 Å². The molecule has 6 nitrogen and oxygen atoms in total. The quantitative estimate of drug-likeness (QED) is 0.341. The number of nitrogens with one attached hydrogen (secondary N) is 1. The van der Waals surface area contributed by atoms with E-state index >= 15 is 0 Å². The van der Waals surface area contributed by atoms with Crippen molar-refractivity contribution in [3.05, 3.63) is 0 Å². The molecule has 0 saturated carbocycles. The van der Waals surface area contributed by atoms with Gasteiger partial charge in [-0.1, -0.05) is 13.8 Å². The highest BCUT2D eigenvalue weighted by atomic mass is 16.5. The molecule has 0 rings (SSSR count). The molecule has 0 aromatic heterocycles. The van der Waals surface area contributed by atoms with E-state index in [4.69, 9.17) is 16.0 Å². The zero-order valence-electron chi connectivity index (χ0n) is 7.52. The Balaban J connectivity index is 4.60. The van der Waals surface area contributed by atoms with E-state index in [0.717, 1.165) is 0 Å². The van der Waals surface area contributed by atoms with Gasteiger partial charge < -0.3 is 10.8 Å². The fraction of sp³-hybridized carbons (Fsp3) is 0.714. The van der Waals surface area contributed by atoms with Crippen LogP contribution in [0.15, 0.2) is 0 Å². The molecule has 6 heteroatoms. The first-order valence-corrected chi connectivity index (χ1v) is 3.84. The van der Waals surface area contributed by atoms with Gasteiger partial charge in [-0.25, -0.2) is 5.48 Å². The van der Waals surface area contributed by atoms with Gasteiger partial charge in [0.15, 0.2) is 0 Å². The van der Waals surface area contributed by atoms with Crippen molar-refractivity contribution in [1.29, 1.82) is 0 Å². The van der Waals surface area contributed by atoms with Crippen LogP contribution in [0, 0.1) is 11.8 Å². The van der Waals surface area contributed by atoms with Gasteiger partial charge in [-0.15, -0.1) is 0 Å². The number of amides is 1. The molecule has 0 aliphatic heterocycles. The van der Waals surface area contributed by atoms with Gasteiger partial charge in [0.1, 0.15) is 6.04 Å². The van der Waals surface area contributed by atoms with Gasteiger partial charge in [0, 0.05) is 0 Å². The highest BCUT2D eigenvalue weighted by molar-refractivity contribution is 5.86. The van der Waals surface area contributed by atoms with Crippen LogP contribution < -0.4 is 11.2 Å². The molecule has 1 amide bonds. The molecule has 0 heterocycles. The SMILES string of the molecule is CC(C)C(C(=O)NO)[C@H](N)C(=O)O. The minimum atomic E-state index is -1.30. The van der Waals surface area contributed by atoms with Crippen molar-refractivity contribution in [2.75, 3.05) is 0 Å². The van der Waals surface area contributed by atoms with E-state index in [1.165, 1.54) is 5.48 Å². The Morgan fingerprint density at radius 1 is 1.38 bits per heavy atom. The first-order chi connectivity index (χ1) is 5.91. The maximum atomic E-state index is 11.0. The van der Waals surface area contributed by atoms with Crippen LogP contribution in [0.2, 0.25) is 0 Å². The van der Waals surface area contributed by atoms with E-state index in [2.05, 4.69) is 0 Å². The maximum absolute atomic E-state index is 11.0. The predicted molar refractivity (Wildman–Crippen MR) is 43.9 cm³/mol. The largest absolute Gasteiger partial charge is 0.480 e. The molecule has 0 aromatic carbocycles. The molecule has 5 N–H and O–H groups in total. The summed E-state index contributed by atoms with van der Waals surface area (Å²) in [5.74, 6) is -3.21. The topological polar surface area (TPSA) is 113 Å². The monoisotopic (exact) mass is 190 g/mol. The summed E-state index contributed by atoms with van der Waals surface area (Å²) in [6.07, 6.45) is 0. The second-order valence-electron chi connectivity index (χ2n) is 3.11. The minimum Gasteiger partial charge on any atom is -0.480 e. The lowest BCUT2D eigenvalue weighted by atomic mass is 9.88. The number of carbonyl (C=O) groups is 2. The maximum Gasteiger partial charge on any atom is 0.321 e. The molecule has 0 saturated heterocycles. The Labute approximate surface area is 75.7 Å². The van der Waals surface area contributed by atoms with Crippen LogP contribution in [0.25, 0.3) is 0 Å². The number of hydrogen-bond acceptors (Lipinski definition) is 4. The number of hydrogen-bond donors (Lipinski definition) is 4. The average Bonchev–Trinajstić information content (AvgIpc) is 2.03. The van der Waals surface area contributed by atoms with Crippen LogP contribution in [-0.2, 0) is 9.59 Å². The molecule has 0 aromatic rings. The summed E-state index contributed by atoms with van der Waals surface area (Å²) in [4.78, 5) is 21.5. The summed E-state index contributed by atoms with van der Waals surface area (Å²) in [5.41, 5.74) is 6.67. The molecule has 2 atom stereocenters. The molecular weight excluding hydrogens is 176 g/mol. The molecule has 13 heavy (non-hydrogen) atoms. The summed E-state index contributed by atoms with van der Waals surface area (Å²) in [6.45, 7) is 3.31. The highest BCUT2D eigenvalue weighted by Crippen LogP contribution is 2.14. The Morgan fingerprint density at radius 2 is 1.85 bits per heavy atom. The van der Waals surface area contributed by atoms with Gasteiger partial charge in [0.05, 0.1) is 5.92 Å². The van der Waals surface area contributed by atoms with Crippen LogP contribution >= 0.6 is 0 Å². The smallest absolute Gasteiger partial charge is 0.321 e. The summed E-state index contributed by atoms with van der Waals surface area (Å²) in [5, 5.41) is 16.9. The molecule has 0 aliphatic rings. The molecule has 76 valence electrons. The standard InChI is InChI=1S/C7H14N2O4/c1-3(2)4(6(10)9-13)5(8)7(11)12/h3-5,13H,8H2,1-2H3,(H,9,10)(H,11,12)/t4?,5-/m0/s1. The van der Waals surface area contributed by atoms with Crippen LogP contribution in [0.1, 0.15) is 13.8 Å². The molecule has 0 bridgehead atoms. The third-order valence-electron chi connectivity index (χ3n) is 1.80. The lowest BCUT2D eigenvalue weighted by Gasteiger charge is -2.21. The first-order valence-electron chi connectivity index (χ1n) is 3.84. The number of hydroxylamine groups is 1. The van der Waals surface area contributed by atoms with E-state index in [1.807, 2.05) is 0 Å². The minimum absolute atomic E-state index is 0.252. The van der Waals surface area contributed by atoms with E-state index < -0.39 is 23.8 Å². The van der Waals surface area contributed by atoms with E-state index in [0.29, 0.717) is 0 Å². The summed E-state index contributed by atoms with van der Waals surface area (Å²) in [7, 11) is 0. The zero-order valence-corrected chi connectivity index (χ0v) is 7.52. The second kappa shape index (κ2) is 4.78. The van der Waals surface area contributed by atoms with Crippen molar-refractivity contribution in [3.63, 3.8) is 0 Å². The Kier molecular flexibility index (Phi) is 4.36. The number of carboxylic acid groups (broad SMARTS) is 1. The van der Waals surface area contributed by atoms with Crippen LogP contribution in [0.5, 0.6) is 0 Å². The number of carbonyl (C=O) groups excluding carboxylic acids is 1. The average molecular weight is 190 g/mol. The number of rotatable bonds is 4. The second-order valence-corrected chi connectivity index (χ2v) is 3.11. The normalized spacial score (nSPS) is 15.2. The Bertz CT molecular complexity index is 205. The molecule has 0 fully saturated rings. The van der Waals surface area contributed by atoms with Crippen LogP contribution in [0.4, 0.5) is 0 Å². The van der Waals surface area contributed by atoms with Crippen LogP contribution in [0.3, 0.4) is 0 Å². The van der Waals surface area contributed by atoms with Gasteiger partial charge >= 0.3 is 5.97 Å². The van der Waals surface area contributed by atoms with Crippen molar-refractivity contribution >= 4 is 11.9 Å². The van der Waals surface area contributed by atoms with Gasteiger partial charge in [-0.05, 0) is 5.92 Å². The van der Waals surface area contributed by atoms with Crippen molar-refractivity contribution < 1.29 is 19.9 Å². The first kappa shape index (κ1) is 11.9. The molecule has 1 unspecified atom stereocenters. The Hall–Kier alpha value is -1.14. The van der Waals surface area contributed by atoms with Crippen molar-refractivity contribution in [1.82, 2.24) is 5.48 Å². The predicted octanol–water partition coefficient (Wildman–Crippen LogP) is -0.824. The van der Waals surface area contributed by atoms with Crippen molar-refractivity contribution in [2.24, 2.45) is 17.6 Å². The lowest BCUT2D eigenvalue weighted by molar-refractivity contribution is -0.146. The fourth-order valence-corrected chi connectivity index (χ4v) is 1.11. The zero-order chi connectivity index (χ0) is 10.6. The van der Waals surface area contributed by atoms with Gasteiger partial charge in [0.2, 0.25) is 5.91 Å². The number of carboxylic acids is 1. The van der Waals surface area contributed by atoms with Gasteiger partial charge in [0.25, 0.3) is 0 Å². The van der Waals surface area contributed by atoms with Crippen LogP contribution in [-0.4, -0.2) is 28.2 Å².